The Kier molecular flexibility index (Phi) is 6.41. The molecule has 1 aromatic carbocycles. The summed E-state index contributed by atoms with van der Waals surface area (Å²) >= 11 is 0. The van der Waals surface area contributed by atoms with Gasteiger partial charge in [-0.15, -0.1) is 0 Å². The van der Waals surface area contributed by atoms with E-state index in [4.69, 9.17) is 5.41 Å². The lowest BCUT2D eigenvalue weighted by molar-refractivity contribution is -0.136. The molecule has 39 heavy (non-hydrogen) atoms. The normalized spacial score (nSPS) is 24.7. The molecule has 4 aliphatic rings. The lowest BCUT2D eigenvalue weighted by atomic mass is 9.80. The van der Waals surface area contributed by atoms with E-state index in [1.807, 2.05) is 6.20 Å². The van der Waals surface area contributed by atoms with Crippen molar-refractivity contribution in [2.24, 2.45) is 11.8 Å². The average molecular weight is 528 g/mol. The number of aromatic nitrogens is 2. The molecule has 2 aromatic rings. The van der Waals surface area contributed by atoms with Gasteiger partial charge in [0.1, 0.15) is 6.04 Å². The molecule has 1 unspecified atom stereocenters. The Morgan fingerprint density at radius 2 is 1.87 bits per heavy atom. The second-order valence-electron chi connectivity index (χ2n) is 10.6. The summed E-state index contributed by atoms with van der Waals surface area (Å²) in [6.07, 6.45) is 11.1. The second-order valence-corrected chi connectivity index (χ2v) is 10.6. The zero-order chi connectivity index (χ0) is 27.1. The third kappa shape index (κ3) is 4.91. The molecule has 0 radical (unpaired) electrons. The summed E-state index contributed by atoms with van der Waals surface area (Å²) in [4.78, 5) is 59.1. The number of nitrogens with one attached hydrogen (secondary N) is 4. The van der Waals surface area contributed by atoms with Gasteiger partial charge in [0.05, 0.1) is 23.0 Å². The van der Waals surface area contributed by atoms with Crippen LogP contribution in [0.4, 0.5) is 5.69 Å². The van der Waals surface area contributed by atoms with Crippen LogP contribution in [-0.2, 0) is 9.59 Å². The van der Waals surface area contributed by atoms with Crippen LogP contribution in [0.25, 0.3) is 5.57 Å². The number of amides is 4. The number of rotatable bonds is 9. The zero-order valence-corrected chi connectivity index (χ0v) is 21.3. The number of fused-ring (bicyclic) bond motifs is 1. The molecular formula is C28H29N7O4. The van der Waals surface area contributed by atoms with E-state index in [-0.39, 0.29) is 24.0 Å². The van der Waals surface area contributed by atoms with Gasteiger partial charge in [0.15, 0.2) is 0 Å². The zero-order valence-electron chi connectivity index (χ0n) is 21.3. The molecule has 0 spiro atoms. The average Bonchev–Trinajstić information content (AvgIpc) is 3.73. The topological polar surface area (TPSA) is 157 Å². The van der Waals surface area contributed by atoms with Gasteiger partial charge in [0.2, 0.25) is 11.8 Å². The van der Waals surface area contributed by atoms with E-state index in [2.05, 4.69) is 25.9 Å². The molecular weight excluding hydrogens is 498 g/mol. The Morgan fingerprint density at radius 3 is 2.59 bits per heavy atom. The molecule has 6 rings (SSSR count). The smallest absolute Gasteiger partial charge is 0.262 e. The molecule has 200 valence electrons. The van der Waals surface area contributed by atoms with Gasteiger partial charge in [0, 0.05) is 60.5 Å². The third-order valence-corrected chi connectivity index (χ3v) is 7.85. The molecule has 4 N–H and O–H groups in total. The molecule has 1 aromatic heterocycles. The molecule has 2 aliphatic carbocycles. The maximum absolute atomic E-state index is 13.0. The first-order valence-electron chi connectivity index (χ1n) is 13.3. The molecule has 3 fully saturated rings. The largest absolute Gasteiger partial charge is 0.388 e. The van der Waals surface area contributed by atoms with Crippen LogP contribution in [0, 0.1) is 17.2 Å². The van der Waals surface area contributed by atoms with Crippen LogP contribution in [0.15, 0.2) is 43.0 Å². The predicted molar refractivity (Wildman–Crippen MR) is 142 cm³/mol. The highest BCUT2D eigenvalue weighted by Gasteiger charge is 2.44. The number of imide groups is 2. The lowest BCUT2D eigenvalue weighted by Crippen LogP contribution is -2.54. The monoisotopic (exact) mass is 527 g/mol. The van der Waals surface area contributed by atoms with Crippen molar-refractivity contribution < 1.29 is 19.2 Å². The van der Waals surface area contributed by atoms with E-state index in [1.54, 1.807) is 36.8 Å². The fourth-order valence-corrected chi connectivity index (χ4v) is 5.40. The molecule has 11 heteroatoms. The van der Waals surface area contributed by atoms with E-state index < -0.39 is 29.7 Å². The highest BCUT2D eigenvalue weighted by molar-refractivity contribution is 6.24. The van der Waals surface area contributed by atoms with Crippen LogP contribution in [0.2, 0.25) is 0 Å². The maximum atomic E-state index is 13.0. The number of hydrogen-bond acceptors (Lipinski definition) is 9. The van der Waals surface area contributed by atoms with Crippen LogP contribution in [0.1, 0.15) is 64.9 Å². The third-order valence-electron chi connectivity index (χ3n) is 7.85. The first kappa shape index (κ1) is 24.9. The van der Waals surface area contributed by atoms with Crippen molar-refractivity contribution in [3.05, 3.63) is 59.8 Å². The van der Waals surface area contributed by atoms with Gasteiger partial charge in [-0.3, -0.25) is 39.4 Å². The number of benzene rings is 1. The van der Waals surface area contributed by atoms with Gasteiger partial charge in [-0.1, -0.05) is 0 Å². The van der Waals surface area contributed by atoms with Gasteiger partial charge in [-0.25, -0.2) is 0 Å². The Morgan fingerprint density at radius 1 is 1.08 bits per heavy atom. The standard InChI is InChI=1S/C28H29N7O4/c29-25(16-1-2-16)21(22-14-30-7-8-31-22)13-33-18-9-15(10-18)12-32-17-3-4-19-20(11-17)28(39)35(27(19)38)23-5-6-24(36)34-26(23)37/h3-4,7-8,11,13-16,18,23,29,32-33H,1-2,5-6,9-10,12H2,(H,34,36,37)/b21-13-,29-25?/t15-,18-,23?. The fraction of sp³-hybridized carbons (Fsp3) is 0.393. The van der Waals surface area contributed by atoms with Gasteiger partial charge < -0.3 is 16.0 Å². The van der Waals surface area contributed by atoms with Gasteiger partial charge in [0.25, 0.3) is 11.8 Å². The van der Waals surface area contributed by atoms with Crippen molar-refractivity contribution in [2.75, 3.05) is 11.9 Å². The Labute approximate surface area is 225 Å². The van der Waals surface area contributed by atoms with Crippen LogP contribution in [0.3, 0.4) is 0 Å². The van der Waals surface area contributed by atoms with E-state index >= 15 is 0 Å². The summed E-state index contributed by atoms with van der Waals surface area (Å²) in [7, 11) is 0. The number of carbonyl (C=O) groups is 4. The molecule has 2 aliphatic heterocycles. The molecule has 3 heterocycles. The molecule has 11 nitrogen and oxygen atoms in total. The van der Waals surface area contributed by atoms with Gasteiger partial charge >= 0.3 is 0 Å². The predicted octanol–water partition coefficient (Wildman–Crippen LogP) is 2.13. The van der Waals surface area contributed by atoms with Crippen LogP contribution < -0.4 is 16.0 Å². The van der Waals surface area contributed by atoms with Gasteiger partial charge in [-0.05, 0) is 56.2 Å². The molecule has 4 amide bonds. The summed E-state index contributed by atoms with van der Waals surface area (Å²) in [6, 6.07) is 4.38. The summed E-state index contributed by atoms with van der Waals surface area (Å²) < 4.78 is 0. The van der Waals surface area contributed by atoms with Crippen molar-refractivity contribution in [1.29, 1.82) is 5.41 Å². The number of piperidine rings is 1. The summed E-state index contributed by atoms with van der Waals surface area (Å²) in [6.45, 7) is 0.717. The van der Waals surface area contributed by atoms with E-state index in [0.717, 1.165) is 41.8 Å². The first-order chi connectivity index (χ1) is 18.9. The van der Waals surface area contributed by atoms with Gasteiger partial charge in [-0.2, -0.15) is 0 Å². The summed E-state index contributed by atoms with van der Waals surface area (Å²) in [5, 5.41) is 17.6. The van der Waals surface area contributed by atoms with Crippen molar-refractivity contribution in [3.63, 3.8) is 0 Å². The minimum absolute atomic E-state index is 0.0916. The van der Waals surface area contributed by atoms with E-state index in [0.29, 0.717) is 35.8 Å². The summed E-state index contributed by atoms with van der Waals surface area (Å²) in [5.74, 6) is -1.28. The maximum Gasteiger partial charge on any atom is 0.262 e. The molecule has 1 saturated heterocycles. The highest BCUT2D eigenvalue weighted by Crippen LogP contribution is 2.35. The second kappa shape index (κ2) is 10.0. The minimum Gasteiger partial charge on any atom is -0.388 e. The fourth-order valence-electron chi connectivity index (χ4n) is 5.40. The van der Waals surface area contributed by atoms with E-state index in [9.17, 15) is 19.2 Å². The first-order valence-corrected chi connectivity index (χ1v) is 13.3. The van der Waals surface area contributed by atoms with Crippen LogP contribution in [-0.4, -0.2) is 62.8 Å². The van der Waals surface area contributed by atoms with E-state index in [1.165, 1.54) is 0 Å². The SMILES string of the molecule is N=C(/C(=C\N[C@H]1C[C@H](CNc2ccc3c(c2)C(=O)N(C2CCC(=O)NC2=O)C3=O)C1)c1cnccn1)C1CC1. The number of allylic oxidation sites excluding steroid dienone is 1. The Bertz CT molecular complexity index is 1400. The molecule has 0 bridgehead atoms. The van der Waals surface area contributed by atoms with Crippen molar-refractivity contribution in [2.45, 2.75) is 50.6 Å². The number of carbonyl (C=O) groups excluding carboxylic acids is 4. The Hall–Kier alpha value is -4.41. The van der Waals surface area contributed by atoms with Crippen molar-refractivity contribution >= 4 is 40.6 Å². The lowest BCUT2D eigenvalue weighted by Gasteiger charge is -2.36. The molecule has 1 atom stereocenters. The Balaban J connectivity index is 1.03. The van der Waals surface area contributed by atoms with Crippen LogP contribution >= 0.6 is 0 Å². The number of anilines is 1. The van der Waals surface area contributed by atoms with Crippen molar-refractivity contribution in [1.82, 2.24) is 25.5 Å². The minimum atomic E-state index is -0.970. The summed E-state index contributed by atoms with van der Waals surface area (Å²) in [5.41, 5.74) is 3.39. The number of hydrogen-bond donors (Lipinski definition) is 4. The number of nitrogens with zero attached hydrogens (tertiary/aromatic N) is 3. The van der Waals surface area contributed by atoms with Crippen molar-refractivity contribution in [3.8, 4) is 0 Å². The van der Waals surface area contributed by atoms with Crippen LogP contribution in [0.5, 0.6) is 0 Å². The highest BCUT2D eigenvalue weighted by atomic mass is 16.2. The molecule has 2 saturated carbocycles. The quantitative estimate of drug-likeness (QED) is 0.285.